The Labute approximate surface area is 153 Å². The van der Waals surface area contributed by atoms with Gasteiger partial charge in [0, 0.05) is 12.8 Å². The van der Waals surface area contributed by atoms with Gasteiger partial charge in [-0.3, -0.25) is 9.78 Å². The number of rotatable bonds is 10. The van der Waals surface area contributed by atoms with Gasteiger partial charge in [-0.2, -0.15) is 0 Å². The third kappa shape index (κ3) is 6.91. The first-order valence-corrected chi connectivity index (χ1v) is 9.84. The van der Waals surface area contributed by atoms with E-state index in [0.717, 1.165) is 5.56 Å². The van der Waals surface area contributed by atoms with E-state index >= 15 is 0 Å². The van der Waals surface area contributed by atoms with Crippen molar-refractivity contribution in [3.8, 4) is 0 Å². The molecule has 0 aliphatic carbocycles. The van der Waals surface area contributed by atoms with E-state index < -0.39 is 15.9 Å². The summed E-state index contributed by atoms with van der Waals surface area (Å²) in [7, 11) is -3.73. The number of sulfonamides is 1. The molecule has 1 aromatic heterocycles. The fourth-order valence-corrected chi connectivity index (χ4v) is 2.90. The Balaban J connectivity index is 1.83. The highest BCUT2D eigenvalue weighted by Gasteiger charge is 2.16. The SMILES string of the molecule is CCOCCS(=O)(=O)NC(=O)c1ccc(COCc2ccccc2)nc1. The Kier molecular flexibility index (Phi) is 7.71. The van der Waals surface area contributed by atoms with Crippen LogP contribution in [-0.2, 0) is 32.7 Å². The zero-order chi connectivity index (χ0) is 18.8. The van der Waals surface area contributed by atoms with Crippen LogP contribution in [0.2, 0.25) is 0 Å². The lowest BCUT2D eigenvalue weighted by molar-refractivity contribution is 0.0978. The summed E-state index contributed by atoms with van der Waals surface area (Å²) >= 11 is 0. The van der Waals surface area contributed by atoms with Gasteiger partial charge in [0.1, 0.15) is 0 Å². The minimum absolute atomic E-state index is 0.0368. The van der Waals surface area contributed by atoms with E-state index in [1.165, 1.54) is 12.3 Å². The number of carbonyl (C=O) groups excluding carboxylic acids is 1. The highest BCUT2D eigenvalue weighted by molar-refractivity contribution is 7.90. The second-order valence-corrected chi connectivity index (χ2v) is 7.31. The van der Waals surface area contributed by atoms with Crippen LogP contribution in [0.3, 0.4) is 0 Å². The van der Waals surface area contributed by atoms with Crippen LogP contribution in [0.4, 0.5) is 0 Å². The molecule has 0 saturated carbocycles. The van der Waals surface area contributed by atoms with Crippen LogP contribution in [-0.4, -0.2) is 38.3 Å². The van der Waals surface area contributed by atoms with E-state index in [2.05, 4.69) is 4.98 Å². The first-order chi connectivity index (χ1) is 12.5. The van der Waals surface area contributed by atoms with Crippen LogP contribution in [0.5, 0.6) is 0 Å². The fourth-order valence-electron chi connectivity index (χ4n) is 2.06. The van der Waals surface area contributed by atoms with Crippen molar-refractivity contribution in [2.75, 3.05) is 19.0 Å². The molecule has 140 valence electrons. The average molecular weight is 378 g/mol. The number of ether oxygens (including phenoxy) is 2. The van der Waals surface area contributed by atoms with Crippen LogP contribution in [0.15, 0.2) is 48.7 Å². The number of pyridine rings is 1. The second-order valence-electron chi connectivity index (χ2n) is 5.46. The molecule has 1 aromatic carbocycles. The quantitative estimate of drug-likeness (QED) is 0.635. The molecule has 8 heteroatoms. The maximum Gasteiger partial charge on any atom is 0.266 e. The van der Waals surface area contributed by atoms with Gasteiger partial charge in [0.15, 0.2) is 0 Å². The summed E-state index contributed by atoms with van der Waals surface area (Å²) in [5.41, 5.74) is 1.87. The summed E-state index contributed by atoms with van der Waals surface area (Å²) in [5, 5.41) is 0. The molecule has 2 rings (SSSR count). The molecule has 2 aromatic rings. The molecule has 1 N–H and O–H groups in total. The Bertz CT molecular complexity index is 792. The third-order valence-electron chi connectivity index (χ3n) is 3.40. The lowest BCUT2D eigenvalue weighted by Gasteiger charge is -2.08. The second kappa shape index (κ2) is 10.0. The fraction of sp³-hybridized carbons (Fsp3) is 0.333. The number of carbonyl (C=O) groups is 1. The van der Waals surface area contributed by atoms with Crippen molar-refractivity contribution in [1.82, 2.24) is 9.71 Å². The highest BCUT2D eigenvalue weighted by Crippen LogP contribution is 2.06. The van der Waals surface area contributed by atoms with Gasteiger partial charge in [0.05, 0.1) is 36.8 Å². The minimum atomic E-state index is -3.73. The molecule has 7 nitrogen and oxygen atoms in total. The molecule has 0 aliphatic rings. The zero-order valence-electron chi connectivity index (χ0n) is 14.6. The number of hydrogen-bond donors (Lipinski definition) is 1. The van der Waals surface area contributed by atoms with Crippen LogP contribution < -0.4 is 4.72 Å². The maximum atomic E-state index is 12.0. The number of nitrogens with zero attached hydrogens (tertiary/aromatic N) is 1. The molecular formula is C18H22N2O5S. The van der Waals surface area contributed by atoms with Crippen molar-refractivity contribution < 1.29 is 22.7 Å². The topological polar surface area (TPSA) is 94.6 Å². The van der Waals surface area contributed by atoms with Crippen LogP contribution in [0.1, 0.15) is 28.5 Å². The molecule has 0 fully saturated rings. The molecule has 0 unspecified atom stereocenters. The van der Waals surface area contributed by atoms with Gasteiger partial charge < -0.3 is 9.47 Å². The smallest absolute Gasteiger partial charge is 0.266 e. The van der Waals surface area contributed by atoms with Crippen molar-refractivity contribution >= 4 is 15.9 Å². The monoisotopic (exact) mass is 378 g/mol. The van der Waals surface area contributed by atoms with Gasteiger partial charge in [-0.25, -0.2) is 13.1 Å². The molecule has 26 heavy (non-hydrogen) atoms. The molecule has 0 bridgehead atoms. The van der Waals surface area contributed by atoms with Crippen LogP contribution >= 0.6 is 0 Å². The predicted molar refractivity (Wildman–Crippen MR) is 96.9 cm³/mol. The molecule has 1 amide bonds. The Morgan fingerprint density at radius 2 is 1.85 bits per heavy atom. The summed E-state index contributed by atoms with van der Waals surface area (Å²) in [6, 6.07) is 12.9. The number of benzene rings is 1. The van der Waals surface area contributed by atoms with E-state index in [1.807, 2.05) is 35.1 Å². The predicted octanol–water partition coefficient (Wildman–Crippen LogP) is 1.89. The lowest BCUT2D eigenvalue weighted by atomic mass is 10.2. The summed E-state index contributed by atoms with van der Waals surface area (Å²) in [5.74, 6) is -0.989. The minimum Gasteiger partial charge on any atom is -0.381 e. The van der Waals surface area contributed by atoms with E-state index in [9.17, 15) is 13.2 Å². The lowest BCUT2D eigenvalue weighted by Crippen LogP contribution is -2.34. The van der Waals surface area contributed by atoms with Crippen LogP contribution in [0.25, 0.3) is 0 Å². The van der Waals surface area contributed by atoms with Gasteiger partial charge >= 0.3 is 0 Å². The maximum absolute atomic E-state index is 12.0. The van der Waals surface area contributed by atoms with Gasteiger partial charge in [-0.1, -0.05) is 30.3 Å². The first-order valence-electron chi connectivity index (χ1n) is 8.19. The van der Waals surface area contributed by atoms with Crippen molar-refractivity contribution in [2.24, 2.45) is 0 Å². The molecule has 0 spiro atoms. The Morgan fingerprint density at radius 1 is 1.08 bits per heavy atom. The standard InChI is InChI=1S/C18H22N2O5S/c1-2-24-10-11-26(22,23)20-18(21)16-8-9-17(19-12-16)14-25-13-15-6-4-3-5-7-15/h3-9,12H,2,10-11,13-14H2,1H3,(H,20,21). The van der Waals surface area contributed by atoms with E-state index in [4.69, 9.17) is 9.47 Å². The molecule has 1 heterocycles. The van der Waals surface area contributed by atoms with Gasteiger partial charge in [-0.05, 0) is 24.6 Å². The number of aromatic nitrogens is 1. The average Bonchev–Trinajstić information content (AvgIpc) is 2.63. The molecule has 0 atom stereocenters. The normalized spacial score (nSPS) is 11.3. The van der Waals surface area contributed by atoms with Crippen LogP contribution in [0, 0.1) is 0 Å². The molecule has 0 saturated heterocycles. The van der Waals surface area contributed by atoms with Crippen molar-refractivity contribution in [1.29, 1.82) is 0 Å². The molecule has 0 radical (unpaired) electrons. The largest absolute Gasteiger partial charge is 0.381 e. The van der Waals surface area contributed by atoms with Crippen molar-refractivity contribution in [3.05, 3.63) is 65.5 Å². The Morgan fingerprint density at radius 3 is 2.50 bits per heavy atom. The zero-order valence-corrected chi connectivity index (χ0v) is 15.4. The number of amides is 1. The first kappa shape index (κ1) is 20.0. The summed E-state index contributed by atoms with van der Waals surface area (Å²) in [6.45, 7) is 2.98. The van der Waals surface area contributed by atoms with E-state index in [1.54, 1.807) is 13.0 Å². The van der Waals surface area contributed by atoms with E-state index in [-0.39, 0.29) is 17.9 Å². The van der Waals surface area contributed by atoms with E-state index in [0.29, 0.717) is 25.5 Å². The number of hydrogen-bond acceptors (Lipinski definition) is 6. The van der Waals surface area contributed by atoms with Gasteiger partial charge in [0.25, 0.3) is 5.91 Å². The highest BCUT2D eigenvalue weighted by atomic mass is 32.2. The Hall–Kier alpha value is -2.29. The summed E-state index contributed by atoms with van der Waals surface area (Å²) in [6.07, 6.45) is 1.33. The van der Waals surface area contributed by atoms with Gasteiger partial charge in [-0.15, -0.1) is 0 Å². The molecular weight excluding hydrogens is 356 g/mol. The summed E-state index contributed by atoms with van der Waals surface area (Å²) < 4.78 is 36.1. The number of nitrogens with one attached hydrogen (secondary N) is 1. The van der Waals surface area contributed by atoms with Gasteiger partial charge in [0.2, 0.25) is 10.0 Å². The molecule has 0 aliphatic heterocycles. The summed E-state index contributed by atoms with van der Waals surface area (Å²) in [4.78, 5) is 16.1. The third-order valence-corrected chi connectivity index (χ3v) is 4.60. The van der Waals surface area contributed by atoms with Crippen molar-refractivity contribution in [2.45, 2.75) is 20.1 Å². The van der Waals surface area contributed by atoms with Crippen molar-refractivity contribution in [3.63, 3.8) is 0 Å².